The molecule has 106 valence electrons. The van der Waals surface area contributed by atoms with Crippen LogP contribution in [0.4, 0.5) is 0 Å². The number of benzene rings is 1. The SMILES string of the molecule is CC1CCCC(N(C)C(C)c2cc(Cl)ccc2O)C1. The van der Waals surface area contributed by atoms with E-state index in [0.29, 0.717) is 16.8 Å². The van der Waals surface area contributed by atoms with Gasteiger partial charge in [-0.05, 0) is 50.9 Å². The van der Waals surface area contributed by atoms with Crippen molar-refractivity contribution in [2.24, 2.45) is 5.92 Å². The van der Waals surface area contributed by atoms with Crippen LogP contribution >= 0.6 is 11.6 Å². The molecule has 1 N–H and O–H groups in total. The predicted molar refractivity (Wildman–Crippen MR) is 80.7 cm³/mol. The number of halogens is 1. The maximum Gasteiger partial charge on any atom is 0.120 e. The van der Waals surface area contributed by atoms with Crippen molar-refractivity contribution in [2.45, 2.75) is 51.6 Å². The van der Waals surface area contributed by atoms with Crippen LogP contribution in [-0.4, -0.2) is 23.1 Å². The lowest BCUT2D eigenvalue weighted by molar-refractivity contribution is 0.124. The largest absolute Gasteiger partial charge is 0.508 e. The van der Waals surface area contributed by atoms with Crippen molar-refractivity contribution in [1.29, 1.82) is 0 Å². The lowest BCUT2D eigenvalue weighted by Crippen LogP contribution is -2.37. The number of aromatic hydroxyl groups is 1. The highest BCUT2D eigenvalue weighted by atomic mass is 35.5. The third-order valence-electron chi connectivity index (χ3n) is 4.54. The van der Waals surface area contributed by atoms with E-state index in [1.807, 2.05) is 6.07 Å². The molecule has 0 amide bonds. The number of rotatable bonds is 3. The molecular formula is C16H24ClNO. The first kappa shape index (κ1) is 14.7. The second-order valence-electron chi connectivity index (χ2n) is 5.97. The van der Waals surface area contributed by atoms with Crippen molar-refractivity contribution in [1.82, 2.24) is 4.90 Å². The van der Waals surface area contributed by atoms with E-state index in [1.54, 1.807) is 12.1 Å². The summed E-state index contributed by atoms with van der Waals surface area (Å²) in [6.45, 7) is 4.48. The lowest BCUT2D eigenvalue weighted by atomic mass is 9.85. The first-order valence-corrected chi connectivity index (χ1v) is 7.57. The van der Waals surface area contributed by atoms with Crippen molar-refractivity contribution in [3.8, 4) is 5.75 Å². The second kappa shape index (κ2) is 6.15. The van der Waals surface area contributed by atoms with E-state index in [9.17, 15) is 5.11 Å². The molecule has 1 aromatic rings. The van der Waals surface area contributed by atoms with Crippen molar-refractivity contribution in [3.63, 3.8) is 0 Å². The molecule has 0 heterocycles. The molecule has 1 aromatic carbocycles. The Hall–Kier alpha value is -0.730. The number of hydrogen-bond donors (Lipinski definition) is 1. The molecule has 0 aliphatic heterocycles. The number of phenolic OH excluding ortho intramolecular Hbond substituents is 1. The molecule has 1 fully saturated rings. The molecule has 3 atom stereocenters. The molecule has 0 saturated heterocycles. The Morgan fingerprint density at radius 1 is 1.37 bits per heavy atom. The van der Waals surface area contributed by atoms with E-state index in [0.717, 1.165) is 11.5 Å². The fourth-order valence-corrected chi connectivity index (χ4v) is 3.35. The summed E-state index contributed by atoms with van der Waals surface area (Å²) in [6.07, 6.45) is 5.17. The minimum absolute atomic E-state index is 0.189. The van der Waals surface area contributed by atoms with Gasteiger partial charge in [0.2, 0.25) is 0 Å². The van der Waals surface area contributed by atoms with Crippen LogP contribution < -0.4 is 0 Å². The van der Waals surface area contributed by atoms with Gasteiger partial charge in [0.15, 0.2) is 0 Å². The molecule has 19 heavy (non-hydrogen) atoms. The van der Waals surface area contributed by atoms with Crippen molar-refractivity contribution < 1.29 is 5.11 Å². The van der Waals surface area contributed by atoms with Gasteiger partial charge in [0.25, 0.3) is 0 Å². The van der Waals surface area contributed by atoms with Gasteiger partial charge in [-0.3, -0.25) is 4.90 Å². The van der Waals surface area contributed by atoms with E-state index in [4.69, 9.17) is 11.6 Å². The maximum atomic E-state index is 10.0. The van der Waals surface area contributed by atoms with Gasteiger partial charge in [-0.25, -0.2) is 0 Å². The zero-order chi connectivity index (χ0) is 14.0. The number of nitrogens with zero attached hydrogens (tertiary/aromatic N) is 1. The fraction of sp³-hybridized carbons (Fsp3) is 0.625. The summed E-state index contributed by atoms with van der Waals surface area (Å²) in [7, 11) is 2.16. The first-order chi connectivity index (χ1) is 8.99. The van der Waals surface area contributed by atoms with Gasteiger partial charge in [-0.2, -0.15) is 0 Å². The van der Waals surface area contributed by atoms with Crippen LogP contribution in [0.5, 0.6) is 5.75 Å². The fourth-order valence-electron chi connectivity index (χ4n) is 3.17. The van der Waals surface area contributed by atoms with Crippen LogP contribution in [0.25, 0.3) is 0 Å². The molecule has 2 nitrogen and oxygen atoms in total. The highest BCUT2D eigenvalue weighted by molar-refractivity contribution is 6.30. The molecule has 0 bridgehead atoms. The summed E-state index contributed by atoms with van der Waals surface area (Å²) in [4.78, 5) is 2.39. The average molecular weight is 282 g/mol. The Kier molecular flexibility index (Phi) is 4.75. The summed E-state index contributed by atoms with van der Waals surface area (Å²) < 4.78 is 0. The highest BCUT2D eigenvalue weighted by Crippen LogP contribution is 2.35. The van der Waals surface area contributed by atoms with Crippen molar-refractivity contribution >= 4 is 11.6 Å². The molecule has 3 unspecified atom stereocenters. The molecule has 1 aliphatic carbocycles. The smallest absolute Gasteiger partial charge is 0.120 e. The summed E-state index contributed by atoms with van der Waals surface area (Å²) in [5.41, 5.74) is 0.924. The van der Waals surface area contributed by atoms with Gasteiger partial charge >= 0.3 is 0 Å². The zero-order valence-corrected chi connectivity index (χ0v) is 12.8. The average Bonchev–Trinajstić information content (AvgIpc) is 2.40. The van der Waals surface area contributed by atoms with Gasteiger partial charge in [0.05, 0.1) is 0 Å². The monoisotopic (exact) mass is 281 g/mol. The summed E-state index contributed by atoms with van der Waals surface area (Å²) in [5.74, 6) is 1.15. The Bertz CT molecular complexity index is 435. The molecule has 0 spiro atoms. The molecule has 0 aromatic heterocycles. The standard InChI is InChI=1S/C16H24ClNO/c1-11-5-4-6-14(9-11)18(3)12(2)15-10-13(17)7-8-16(15)19/h7-8,10-12,14,19H,4-6,9H2,1-3H3. The minimum Gasteiger partial charge on any atom is -0.508 e. The van der Waals surface area contributed by atoms with Crippen LogP contribution in [0.2, 0.25) is 5.02 Å². The zero-order valence-electron chi connectivity index (χ0n) is 12.1. The van der Waals surface area contributed by atoms with E-state index < -0.39 is 0 Å². The summed E-state index contributed by atoms with van der Waals surface area (Å²) in [5, 5.41) is 10.7. The number of phenols is 1. The van der Waals surface area contributed by atoms with Gasteiger partial charge in [0.1, 0.15) is 5.75 Å². The van der Waals surface area contributed by atoms with Gasteiger partial charge in [0, 0.05) is 22.7 Å². The van der Waals surface area contributed by atoms with Crippen LogP contribution in [0.15, 0.2) is 18.2 Å². The molecule has 1 saturated carbocycles. The molecule has 3 heteroatoms. The molecular weight excluding hydrogens is 258 g/mol. The minimum atomic E-state index is 0.189. The van der Waals surface area contributed by atoms with Gasteiger partial charge in [-0.1, -0.05) is 31.4 Å². The maximum absolute atomic E-state index is 10.0. The normalized spacial score (nSPS) is 25.5. The van der Waals surface area contributed by atoms with Gasteiger partial charge < -0.3 is 5.11 Å². The van der Waals surface area contributed by atoms with E-state index in [1.165, 1.54) is 25.7 Å². The molecule has 1 aliphatic rings. The predicted octanol–water partition coefficient (Wildman–Crippen LogP) is 4.62. The number of hydrogen-bond acceptors (Lipinski definition) is 2. The molecule has 2 rings (SSSR count). The second-order valence-corrected chi connectivity index (χ2v) is 6.41. The van der Waals surface area contributed by atoms with Crippen LogP contribution in [0.3, 0.4) is 0 Å². The Labute approximate surface area is 121 Å². The van der Waals surface area contributed by atoms with Gasteiger partial charge in [-0.15, -0.1) is 0 Å². The third-order valence-corrected chi connectivity index (χ3v) is 4.77. The Morgan fingerprint density at radius 2 is 2.11 bits per heavy atom. The Balaban J connectivity index is 2.13. The summed E-state index contributed by atoms with van der Waals surface area (Å²) >= 11 is 6.04. The topological polar surface area (TPSA) is 23.5 Å². The Morgan fingerprint density at radius 3 is 2.79 bits per heavy atom. The van der Waals surface area contributed by atoms with Crippen LogP contribution in [-0.2, 0) is 0 Å². The van der Waals surface area contributed by atoms with Crippen molar-refractivity contribution in [2.75, 3.05) is 7.05 Å². The summed E-state index contributed by atoms with van der Waals surface area (Å²) in [6, 6.07) is 6.09. The van der Waals surface area contributed by atoms with E-state index in [-0.39, 0.29) is 6.04 Å². The van der Waals surface area contributed by atoms with Crippen molar-refractivity contribution in [3.05, 3.63) is 28.8 Å². The van der Waals surface area contributed by atoms with Crippen LogP contribution in [0.1, 0.15) is 51.1 Å². The van der Waals surface area contributed by atoms with E-state index >= 15 is 0 Å². The van der Waals surface area contributed by atoms with E-state index in [2.05, 4.69) is 25.8 Å². The molecule has 0 radical (unpaired) electrons. The highest BCUT2D eigenvalue weighted by Gasteiger charge is 2.26. The quantitative estimate of drug-likeness (QED) is 0.874. The third kappa shape index (κ3) is 3.43. The first-order valence-electron chi connectivity index (χ1n) is 7.19. The lowest BCUT2D eigenvalue weighted by Gasteiger charge is -2.38. The van der Waals surface area contributed by atoms with Crippen LogP contribution in [0, 0.1) is 5.92 Å².